The third-order valence-electron chi connectivity index (χ3n) is 9.78. The highest BCUT2D eigenvalue weighted by atomic mass is 16.4. The van der Waals surface area contributed by atoms with Crippen molar-refractivity contribution in [2.75, 3.05) is 0 Å². The Hall–Kier alpha value is -4.57. The topological polar surface area (TPSA) is 63.1 Å². The van der Waals surface area contributed by atoms with Crippen molar-refractivity contribution in [2.45, 2.75) is 64.2 Å². The molecule has 1 atom stereocenters. The number of rotatable bonds is 4. The maximum absolute atomic E-state index is 10.6. The standard InChI is InChI=1S/C31H32.C9H6N2O2/c1-2-21-12-15-27-24(18-21)13-17-29-28(27)16-14-25-19-26(22-8-6-7-9-22)20-30(31(25)29)23-10-4-3-5-11-23;12-9(13)7-4-6-2-1-3-10-8(6)11-5-7/h3-5,10-12,14-16,19-22H,2,6-9,13,17-18H2,1H3;1-5H,(H,12,13). The van der Waals surface area contributed by atoms with Gasteiger partial charge in [0.25, 0.3) is 0 Å². The molecule has 1 saturated carbocycles. The number of carbonyl (C=O) groups is 1. The van der Waals surface area contributed by atoms with E-state index in [0.717, 1.165) is 17.2 Å². The summed E-state index contributed by atoms with van der Waals surface area (Å²) < 4.78 is 0. The molecule has 0 amide bonds. The molecule has 0 radical (unpaired) electrons. The van der Waals surface area contributed by atoms with E-state index >= 15 is 0 Å². The van der Waals surface area contributed by atoms with Gasteiger partial charge in [-0.1, -0.05) is 92.1 Å². The van der Waals surface area contributed by atoms with Crippen LogP contribution in [0.1, 0.15) is 84.8 Å². The third-order valence-corrected chi connectivity index (χ3v) is 9.78. The summed E-state index contributed by atoms with van der Waals surface area (Å²) in [5.41, 5.74) is 11.4. The number of fused-ring (bicyclic) bond motifs is 5. The van der Waals surface area contributed by atoms with Crippen LogP contribution in [0.4, 0.5) is 0 Å². The van der Waals surface area contributed by atoms with Crippen LogP contribution in [0.25, 0.3) is 38.5 Å². The summed E-state index contributed by atoms with van der Waals surface area (Å²) in [7, 11) is 0. The number of nitrogens with zero attached hydrogens (tertiary/aromatic N) is 2. The molecule has 44 heavy (non-hydrogen) atoms. The lowest BCUT2D eigenvalue weighted by atomic mass is 9.75. The van der Waals surface area contributed by atoms with Crippen LogP contribution in [0.2, 0.25) is 0 Å². The van der Waals surface area contributed by atoms with E-state index in [1.807, 2.05) is 0 Å². The van der Waals surface area contributed by atoms with Gasteiger partial charge in [-0.2, -0.15) is 0 Å². The molecule has 1 fully saturated rings. The molecule has 4 heteroatoms. The smallest absolute Gasteiger partial charge is 0.337 e. The Morgan fingerprint density at radius 3 is 2.52 bits per heavy atom. The zero-order valence-electron chi connectivity index (χ0n) is 25.3. The molecule has 5 aromatic rings. The van der Waals surface area contributed by atoms with E-state index in [9.17, 15) is 4.79 Å². The summed E-state index contributed by atoms with van der Waals surface area (Å²) in [5, 5.41) is 12.4. The van der Waals surface area contributed by atoms with E-state index < -0.39 is 5.97 Å². The quantitative estimate of drug-likeness (QED) is 0.230. The molecule has 2 heterocycles. The number of pyridine rings is 2. The summed E-state index contributed by atoms with van der Waals surface area (Å²) in [5.74, 6) is 0.498. The maximum atomic E-state index is 10.6. The number of benzene rings is 3. The fourth-order valence-electron chi connectivity index (χ4n) is 7.42. The SMILES string of the molecule is CCC1C=CC2=C(CCc3c2ccc2cc(C4CCCC4)cc(-c4ccccc4)c32)C1.O=C(O)c1cnc2ncccc2c1. The molecule has 1 N–H and O–H groups in total. The average molecular weight is 579 g/mol. The van der Waals surface area contributed by atoms with Crippen molar-refractivity contribution in [3.63, 3.8) is 0 Å². The number of hydrogen-bond donors (Lipinski definition) is 1. The fraction of sp³-hybridized carbons (Fsp3) is 0.275. The van der Waals surface area contributed by atoms with Crippen molar-refractivity contribution >= 4 is 33.3 Å². The highest BCUT2D eigenvalue weighted by Crippen LogP contribution is 2.45. The number of carboxylic acid groups (broad SMARTS) is 1. The van der Waals surface area contributed by atoms with Gasteiger partial charge in [0, 0.05) is 17.8 Å². The lowest BCUT2D eigenvalue weighted by Crippen LogP contribution is -2.11. The molecule has 4 nitrogen and oxygen atoms in total. The first kappa shape index (κ1) is 28.2. The summed E-state index contributed by atoms with van der Waals surface area (Å²) >= 11 is 0. The molecule has 0 spiro atoms. The van der Waals surface area contributed by atoms with Crippen LogP contribution in [0.15, 0.2) is 103 Å². The summed E-state index contributed by atoms with van der Waals surface area (Å²) in [6.07, 6.45) is 18.2. The zero-order valence-corrected chi connectivity index (χ0v) is 25.3. The van der Waals surface area contributed by atoms with E-state index in [-0.39, 0.29) is 5.56 Å². The first-order valence-corrected chi connectivity index (χ1v) is 16.1. The first-order chi connectivity index (χ1) is 21.6. The molecule has 8 rings (SSSR count). The Bertz CT molecular complexity index is 1920. The molecule has 1 unspecified atom stereocenters. The second kappa shape index (κ2) is 12.2. The van der Waals surface area contributed by atoms with Crippen LogP contribution in [0, 0.1) is 5.92 Å². The van der Waals surface area contributed by atoms with Crippen LogP contribution in [-0.4, -0.2) is 21.0 Å². The van der Waals surface area contributed by atoms with Crippen LogP contribution >= 0.6 is 0 Å². The number of aryl methyl sites for hydroxylation is 1. The predicted molar refractivity (Wildman–Crippen MR) is 180 cm³/mol. The molecule has 2 aromatic heterocycles. The van der Waals surface area contributed by atoms with Gasteiger partial charge >= 0.3 is 5.97 Å². The highest BCUT2D eigenvalue weighted by molar-refractivity contribution is 6.03. The van der Waals surface area contributed by atoms with Crippen molar-refractivity contribution < 1.29 is 9.90 Å². The molecule has 3 aromatic carbocycles. The Balaban J connectivity index is 0.000000201. The zero-order chi connectivity index (χ0) is 30.0. The molecular formula is C40H38N2O2. The van der Waals surface area contributed by atoms with Crippen LogP contribution in [-0.2, 0) is 6.42 Å². The summed E-state index contributed by atoms with van der Waals surface area (Å²) in [6, 6.07) is 26.1. The van der Waals surface area contributed by atoms with Crippen molar-refractivity contribution in [2.24, 2.45) is 5.92 Å². The Morgan fingerprint density at radius 2 is 1.73 bits per heavy atom. The minimum atomic E-state index is -0.974. The van der Waals surface area contributed by atoms with Gasteiger partial charge < -0.3 is 5.11 Å². The lowest BCUT2D eigenvalue weighted by molar-refractivity contribution is 0.0696. The van der Waals surface area contributed by atoms with Crippen molar-refractivity contribution in [3.05, 3.63) is 125 Å². The largest absolute Gasteiger partial charge is 0.478 e. The minimum Gasteiger partial charge on any atom is -0.478 e. The molecule has 3 aliphatic rings. The summed E-state index contributed by atoms with van der Waals surface area (Å²) in [6.45, 7) is 2.32. The third kappa shape index (κ3) is 5.45. The van der Waals surface area contributed by atoms with Gasteiger partial charge in [-0.05, 0) is 113 Å². The fourth-order valence-corrected chi connectivity index (χ4v) is 7.42. The van der Waals surface area contributed by atoms with Crippen molar-refractivity contribution in [3.8, 4) is 11.1 Å². The molecule has 0 saturated heterocycles. The second-order valence-corrected chi connectivity index (χ2v) is 12.4. The van der Waals surface area contributed by atoms with Gasteiger partial charge in [0.15, 0.2) is 5.65 Å². The number of hydrogen-bond acceptors (Lipinski definition) is 3. The highest BCUT2D eigenvalue weighted by Gasteiger charge is 2.26. The molecule has 3 aliphatic carbocycles. The van der Waals surface area contributed by atoms with Gasteiger partial charge in [0.05, 0.1) is 5.56 Å². The van der Waals surface area contributed by atoms with Gasteiger partial charge in [-0.25, -0.2) is 14.8 Å². The Kier molecular flexibility index (Phi) is 7.82. The Morgan fingerprint density at radius 1 is 0.886 bits per heavy atom. The van der Waals surface area contributed by atoms with E-state index in [0.29, 0.717) is 5.65 Å². The summed E-state index contributed by atoms with van der Waals surface area (Å²) in [4.78, 5) is 18.5. The van der Waals surface area contributed by atoms with E-state index in [1.54, 1.807) is 41.1 Å². The molecular weight excluding hydrogens is 540 g/mol. The van der Waals surface area contributed by atoms with E-state index in [1.165, 1.54) is 90.6 Å². The van der Waals surface area contributed by atoms with Gasteiger partial charge in [-0.15, -0.1) is 0 Å². The number of aromatic nitrogens is 2. The monoisotopic (exact) mass is 578 g/mol. The van der Waals surface area contributed by atoms with Crippen molar-refractivity contribution in [1.29, 1.82) is 0 Å². The number of aromatic carboxylic acids is 1. The van der Waals surface area contributed by atoms with Gasteiger partial charge in [-0.3, -0.25) is 0 Å². The minimum absolute atomic E-state index is 0.181. The van der Waals surface area contributed by atoms with Crippen LogP contribution in [0.5, 0.6) is 0 Å². The van der Waals surface area contributed by atoms with Crippen LogP contribution < -0.4 is 0 Å². The van der Waals surface area contributed by atoms with Gasteiger partial charge in [0.2, 0.25) is 0 Å². The number of carboxylic acids is 1. The molecule has 0 aliphatic heterocycles. The van der Waals surface area contributed by atoms with E-state index in [2.05, 4.69) is 83.6 Å². The predicted octanol–water partition coefficient (Wildman–Crippen LogP) is 10.2. The first-order valence-electron chi connectivity index (χ1n) is 16.1. The second-order valence-electron chi connectivity index (χ2n) is 12.4. The molecule has 0 bridgehead atoms. The lowest BCUT2D eigenvalue weighted by Gasteiger charge is -2.29. The van der Waals surface area contributed by atoms with Crippen LogP contribution in [0.3, 0.4) is 0 Å². The maximum Gasteiger partial charge on any atom is 0.337 e. The normalized spacial score (nSPS) is 17.7. The van der Waals surface area contributed by atoms with Gasteiger partial charge in [0.1, 0.15) is 0 Å². The number of allylic oxidation sites excluding steroid dienone is 4. The molecule has 220 valence electrons. The Labute approximate surface area is 259 Å². The van der Waals surface area contributed by atoms with Crippen molar-refractivity contribution in [1.82, 2.24) is 9.97 Å². The van der Waals surface area contributed by atoms with E-state index in [4.69, 9.17) is 5.11 Å². The average Bonchev–Trinajstić information content (AvgIpc) is 3.63.